The van der Waals surface area contributed by atoms with Crippen molar-refractivity contribution in [2.24, 2.45) is 0 Å². The van der Waals surface area contributed by atoms with Gasteiger partial charge in [0.1, 0.15) is 0 Å². The minimum Gasteiger partial charge on any atom is -0.478 e. The molecule has 2 aromatic carbocycles. The van der Waals surface area contributed by atoms with Crippen LogP contribution in [0, 0.1) is 0 Å². The van der Waals surface area contributed by atoms with Crippen molar-refractivity contribution in [2.75, 3.05) is 24.7 Å². The Morgan fingerprint density at radius 3 is 1.19 bits per heavy atom. The van der Waals surface area contributed by atoms with Crippen LogP contribution >= 0.6 is 0 Å². The van der Waals surface area contributed by atoms with Gasteiger partial charge in [-0.1, -0.05) is 24.3 Å². The van der Waals surface area contributed by atoms with E-state index >= 15 is 0 Å². The Bertz CT molecular complexity index is 631. The number of unbranched alkanes of at least 4 members (excludes halogenated alkanes) is 1. The highest BCUT2D eigenvalue weighted by atomic mass is 16.4. The van der Waals surface area contributed by atoms with E-state index in [0.29, 0.717) is 11.4 Å². The monoisotopic (exact) mass is 364 g/mol. The highest BCUT2D eigenvalue weighted by Gasteiger charge is 2.04. The lowest BCUT2D eigenvalue weighted by atomic mass is 10.2. The van der Waals surface area contributed by atoms with E-state index in [9.17, 15) is 9.59 Å². The molecule has 142 valence electrons. The van der Waals surface area contributed by atoms with Crippen LogP contribution in [0.5, 0.6) is 0 Å². The number of hydrogen-bond acceptors (Lipinski definition) is 6. The predicted molar refractivity (Wildman–Crippen MR) is 99.0 cm³/mol. The van der Waals surface area contributed by atoms with Crippen molar-refractivity contribution in [3.8, 4) is 0 Å². The molecule has 2 rings (SSSR count). The molecule has 0 radical (unpaired) electrons. The van der Waals surface area contributed by atoms with E-state index in [-0.39, 0.29) is 24.3 Å². The Balaban J connectivity index is 0.000000375. The molecule has 8 heteroatoms. The van der Waals surface area contributed by atoms with E-state index in [1.807, 2.05) is 0 Å². The molecular formula is C18H24N2O6. The maximum atomic E-state index is 10.3. The molecule has 0 aliphatic heterocycles. The van der Waals surface area contributed by atoms with Crippen LogP contribution in [0.2, 0.25) is 0 Å². The van der Waals surface area contributed by atoms with Crippen molar-refractivity contribution in [3.63, 3.8) is 0 Å². The summed E-state index contributed by atoms with van der Waals surface area (Å²) in [6.07, 6.45) is 1.44. The van der Waals surface area contributed by atoms with Crippen LogP contribution < -0.4 is 11.5 Å². The summed E-state index contributed by atoms with van der Waals surface area (Å²) < 4.78 is 0. The summed E-state index contributed by atoms with van der Waals surface area (Å²) in [7, 11) is 0. The Kier molecular flexibility index (Phi) is 11.6. The van der Waals surface area contributed by atoms with E-state index in [1.165, 1.54) is 12.1 Å². The van der Waals surface area contributed by atoms with E-state index in [1.54, 1.807) is 36.4 Å². The molecule has 0 aliphatic rings. The van der Waals surface area contributed by atoms with Crippen molar-refractivity contribution < 1.29 is 30.0 Å². The molecule has 8 nitrogen and oxygen atoms in total. The first-order valence-electron chi connectivity index (χ1n) is 7.72. The van der Waals surface area contributed by atoms with Gasteiger partial charge < -0.3 is 31.9 Å². The minimum absolute atomic E-state index is 0.155. The molecule has 0 amide bonds. The van der Waals surface area contributed by atoms with Gasteiger partial charge in [-0.2, -0.15) is 0 Å². The summed E-state index contributed by atoms with van der Waals surface area (Å²) in [6, 6.07) is 12.7. The summed E-state index contributed by atoms with van der Waals surface area (Å²) >= 11 is 0. The molecule has 0 heterocycles. The molecule has 8 N–H and O–H groups in total. The number of carboxylic acids is 2. The molecule has 0 atom stereocenters. The van der Waals surface area contributed by atoms with Crippen LogP contribution in [0.3, 0.4) is 0 Å². The van der Waals surface area contributed by atoms with E-state index in [4.69, 9.17) is 31.9 Å². The normalized spacial score (nSPS) is 9.15. The molecule has 0 saturated heterocycles. The zero-order valence-electron chi connectivity index (χ0n) is 14.2. The van der Waals surface area contributed by atoms with Gasteiger partial charge >= 0.3 is 11.9 Å². The SMILES string of the molecule is Nc1ccccc1C(=O)O.Nc1ccccc1C(=O)O.OCCCCO. The standard InChI is InChI=1S/2C7H7NO2.C4H10O2/c2*8-6-4-2-1-3-5(6)7(9)10;5-3-1-2-4-6/h2*1-4H,8H2,(H,9,10);5-6H,1-4H2. The van der Waals surface area contributed by atoms with Gasteiger partial charge in [-0.05, 0) is 37.1 Å². The second kappa shape index (κ2) is 13.2. The fraction of sp³-hybridized carbons (Fsp3) is 0.222. The molecule has 0 spiro atoms. The molecule has 0 aliphatic carbocycles. The lowest BCUT2D eigenvalue weighted by molar-refractivity contribution is 0.0687. The quantitative estimate of drug-likeness (QED) is 0.344. The maximum absolute atomic E-state index is 10.3. The van der Waals surface area contributed by atoms with Crippen LogP contribution in [-0.4, -0.2) is 45.6 Å². The van der Waals surface area contributed by atoms with Crippen LogP contribution in [0.25, 0.3) is 0 Å². The average molecular weight is 364 g/mol. The Morgan fingerprint density at radius 2 is 1.00 bits per heavy atom. The summed E-state index contributed by atoms with van der Waals surface area (Å²) in [6.45, 7) is 0.390. The van der Waals surface area contributed by atoms with Crippen molar-refractivity contribution in [2.45, 2.75) is 12.8 Å². The van der Waals surface area contributed by atoms with Crippen molar-refractivity contribution in [1.29, 1.82) is 0 Å². The van der Waals surface area contributed by atoms with E-state index in [2.05, 4.69) is 0 Å². The van der Waals surface area contributed by atoms with Gasteiger partial charge in [0.05, 0.1) is 11.1 Å². The van der Waals surface area contributed by atoms with Gasteiger partial charge in [-0.25, -0.2) is 9.59 Å². The van der Waals surface area contributed by atoms with Crippen molar-refractivity contribution in [1.82, 2.24) is 0 Å². The third-order valence-electron chi connectivity index (χ3n) is 2.95. The molecule has 0 saturated carbocycles. The zero-order valence-corrected chi connectivity index (χ0v) is 14.2. The number of para-hydroxylation sites is 2. The van der Waals surface area contributed by atoms with Gasteiger partial charge in [0.15, 0.2) is 0 Å². The topological polar surface area (TPSA) is 167 Å². The van der Waals surface area contributed by atoms with Gasteiger partial charge in [0.2, 0.25) is 0 Å². The molecule has 26 heavy (non-hydrogen) atoms. The largest absolute Gasteiger partial charge is 0.478 e. The Hall–Kier alpha value is -3.10. The number of aliphatic hydroxyl groups is 2. The van der Waals surface area contributed by atoms with Gasteiger partial charge in [-0.3, -0.25) is 0 Å². The van der Waals surface area contributed by atoms with Crippen LogP contribution in [0.1, 0.15) is 33.6 Å². The lowest BCUT2D eigenvalue weighted by Crippen LogP contribution is -2.00. The van der Waals surface area contributed by atoms with Crippen molar-refractivity contribution >= 4 is 23.3 Å². The lowest BCUT2D eigenvalue weighted by Gasteiger charge is -1.96. The highest BCUT2D eigenvalue weighted by molar-refractivity contribution is 5.93. The number of benzene rings is 2. The summed E-state index contributed by atoms with van der Waals surface area (Å²) in [5.74, 6) is -1.98. The summed E-state index contributed by atoms with van der Waals surface area (Å²) in [5.41, 5.74) is 11.6. The predicted octanol–water partition coefficient (Wildman–Crippen LogP) is 1.69. The molecule has 0 fully saturated rings. The number of nitrogen functional groups attached to an aromatic ring is 2. The van der Waals surface area contributed by atoms with Crippen LogP contribution in [0.4, 0.5) is 11.4 Å². The van der Waals surface area contributed by atoms with Gasteiger partial charge in [0, 0.05) is 24.6 Å². The second-order valence-corrected chi connectivity index (χ2v) is 4.94. The summed E-state index contributed by atoms with van der Waals surface area (Å²) in [5, 5.41) is 33.1. The maximum Gasteiger partial charge on any atom is 0.337 e. The second-order valence-electron chi connectivity index (χ2n) is 4.94. The van der Waals surface area contributed by atoms with E-state index in [0.717, 1.165) is 12.8 Å². The molecule has 0 unspecified atom stereocenters. The first kappa shape index (κ1) is 22.9. The van der Waals surface area contributed by atoms with E-state index < -0.39 is 11.9 Å². The fourth-order valence-corrected chi connectivity index (χ4v) is 1.61. The third kappa shape index (κ3) is 9.26. The highest BCUT2D eigenvalue weighted by Crippen LogP contribution is 2.09. The molecule has 2 aromatic rings. The number of aliphatic hydroxyl groups excluding tert-OH is 2. The van der Waals surface area contributed by atoms with Gasteiger partial charge in [0.25, 0.3) is 0 Å². The third-order valence-corrected chi connectivity index (χ3v) is 2.95. The number of carboxylic acid groups (broad SMARTS) is 2. The van der Waals surface area contributed by atoms with Crippen LogP contribution in [0.15, 0.2) is 48.5 Å². The van der Waals surface area contributed by atoms with Gasteiger partial charge in [-0.15, -0.1) is 0 Å². The number of hydrogen-bond donors (Lipinski definition) is 6. The summed E-state index contributed by atoms with van der Waals surface area (Å²) in [4.78, 5) is 20.7. The van der Waals surface area contributed by atoms with Crippen LogP contribution in [-0.2, 0) is 0 Å². The fourth-order valence-electron chi connectivity index (χ4n) is 1.61. The molecular weight excluding hydrogens is 340 g/mol. The number of anilines is 2. The first-order valence-corrected chi connectivity index (χ1v) is 7.72. The number of carbonyl (C=O) groups is 2. The number of rotatable bonds is 5. The first-order chi connectivity index (χ1) is 12.3. The number of aromatic carboxylic acids is 2. The Morgan fingerprint density at radius 1 is 0.692 bits per heavy atom. The molecule has 0 bridgehead atoms. The smallest absolute Gasteiger partial charge is 0.337 e. The zero-order chi connectivity index (χ0) is 19.9. The number of nitrogens with two attached hydrogens (primary N) is 2. The molecule has 0 aromatic heterocycles. The average Bonchev–Trinajstić information content (AvgIpc) is 2.61. The Labute approximate surface area is 151 Å². The minimum atomic E-state index is -0.988. The van der Waals surface area contributed by atoms with Crippen molar-refractivity contribution in [3.05, 3.63) is 59.7 Å².